The molecule has 0 aliphatic carbocycles. The second kappa shape index (κ2) is 12.5. The van der Waals surface area contributed by atoms with Crippen LogP contribution in [-0.2, 0) is 21.1 Å². The predicted octanol–water partition coefficient (Wildman–Crippen LogP) is 4.33. The maximum absolute atomic E-state index is 12.7. The van der Waals surface area contributed by atoms with Crippen molar-refractivity contribution in [3.63, 3.8) is 0 Å². The Labute approximate surface area is 212 Å². The van der Waals surface area contributed by atoms with Crippen LogP contribution in [0, 0.1) is 11.3 Å². The molecule has 8 nitrogen and oxygen atoms in total. The molecule has 0 aliphatic heterocycles. The molecule has 33 heavy (non-hydrogen) atoms. The third-order valence-corrected chi connectivity index (χ3v) is 5.82. The molecule has 0 aliphatic rings. The maximum atomic E-state index is 12.7. The van der Waals surface area contributed by atoms with Crippen LogP contribution in [-0.4, -0.2) is 28.4 Å². The largest absolute Gasteiger partial charge is 0.443 e. The summed E-state index contributed by atoms with van der Waals surface area (Å²) in [6.07, 6.45) is 2.05. The van der Waals surface area contributed by atoms with Crippen LogP contribution < -0.4 is 15.9 Å². The van der Waals surface area contributed by atoms with E-state index in [0.29, 0.717) is 26.9 Å². The van der Waals surface area contributed by atoms with Crippen molar-refractivity contribution in [2.45, 2.75) is 53.8 Å². The number of nitrogens with one attached hydrogen (secondary N) is 1. The quantitative estimate of drug-likeness (QED) is 0.488. The molecule has 3 N–H and O–H groups in total. The third-order valence-electron chi connectivity index (χ3n) is 4.37. The zero-order chi connectivity index (χ0) is 24.1. The molecule has 0 saturated carbocycles. The number of esters is 1. The van der Waals surface area contributed by atoms with Crippen LogP contribution in [0.4, 0.5) is 5.69 Å². The van der Waals surface area contributed by atoms with Crippen molar-refractivity contribution >= 4 is 63.1 Å². The van der Waals surface area contributed by atoms with Gasteiger partial charge in [0.25, 0.3) is 5.91 Å². The van der Waals surface area contributed by atoms with E-state index in [1.807, 2.05) is 34.6 Å². The highest BCUT2D eigenvalue weighted by Crippen LogP contribution is 2.26. The zero-order valence-corrected chi connectivity index (χ0v) is 22.5. The van der Waals surface area contributed by atoms with E-state index < -0.39 is 17.9 Å². The Kier molecular flexibility index (Phi) is 11.0. The molecule has 2 aromatic rings. The van der Waals surface area contributed by atoms with Crippen molar-refractivity contribution in [1.29, 1.82) is 0 Å². The lowest BCUT2D eigenvalue weighted by atomic mass is 9.92. The molecule has 2 amide bonds. The number of anilines is 1. The normalized spacial score (nSPS) is 12.8. The van der Waals surface area contributed by atoms with Gasteiger partial charge in [-0.15, -0.1) is 23.7 Å². The second-order valence-corrected chi connectivity index (χ2v) is 10.6. The van der Waals surface area contributed by atoms with Crippen molar-refractivity contribution < 1.29 is 19.1 Å². The monoisotopic (exact) mass is 560 g/mol. The van der Waals surface area contributed by atoms with Gasteiger partial charge >= 0.3 is 5.97 Å². The minimum absolute atomic E-state index is 0. The minimum Gasteiger partial charge on any atom is -0.443 e. The summed E-state index contributed by atoms with van der Waals surface area (Å²) >= 11 is 4.65. The molecule has 11 heteroatoms. The number of hydrogen-bond acceptors (Lipinski definition) is 6. The van der Waals surface area contributed by atoms with Gasteiger partial charge in [0.15, 0.2) is 11.5 Å². The summed E-state index contributed by atoms with van der Waals surface area (Å²) in [6.45, 7) is 9.55. The Morgan fingerprint density at radius 2 is 1.94 bits per heavy atom. The first-order chi connectivity index (χ1) is 14.9. The lowest BCUT2D eigenvalue weighted by molar-refractivity contribution is -0.150. The SMILES string of the molecule is CC(C)[C@H](N)C(=O)OCn1ccsc1=NC(=O)c1ccc(NC(=O)CC(C)(C)C)c(Br)c1.Cl. The molecule has 1 aromatic heterocycles. The van der Waals surface area contributed by atoms with E-state index in [0.717, 1.165) is 0 Å². The number of carbonyl (C=O) groups is 3. The number of halogens is 2. The maximum Gasteiger partial charge on any atom is 0.324 e. The molecule has 0 spiro atoms. The fraction of sp³-hybridized carbons (Fsp3) is 0.455. The predicted molar refractivity (Wildman–Crippen MR) is 135 cm³/mol. The van der Waals surface area contributed by atoms with Gasteiger partial charge < -0.3 is 15.8 Å². The van der Waals surface area contributed by atoms with E-state index in [2.05, 4.69) is 26.2 Å². The Balaban J connectivity index is 0.00000544. The van der Waals surface area contributed by atoms with E-state index in [4.69, 9.17) is 10.5 Å². The van der Waals surface area contributed by atoms with Crippen molar-refractivity contribution in [2.24, 2.45) is 22.1 Å². The second-order valence-electron chi connectivity index (χ2n) is 8.91. The molecule has 182 valence electrons. The summed E-state index contributed by atoms with van der Waals surface area (Å²) in [5, 5.41) is 4.59. The molecule has 0 fully saturated rings. The first kappa shape index (κ1) is 29.0. The van der Waals surface area contributed by atoms with E-state index in [9.17, 15) is 14.4 Å². The smallest absolute Gasteiger partial charge is 0.324 e. The van der Waals surface area contributed by atoms with E-state index in [1.54, 1.807) is 34.3 Å². The van der Waals surface area contributed by atoms with Crippen molar-refractivity contribution in [3.8, 4) is 0 Å². The summed E-state index contributed by atoms with van der Waals surface area (Å²) in [4.78, 5) is 41.3. The fourth-order valence-corrected chi connectivity index (χ4v) is 3.76. The number of amides is 2. The number of nitrogens with two attached hydrogens (primary N) is 1. The Morgan fingerprint density at radius 3 is 2.52 bits per heavy atom. The van der Waals surface area contributed by atoms with Crippen LogP contribution >= 0.6 is 39.7 Å². The van der Waals surface area contributed by atoms with Gasteiger partial charge in [0.2, 0.25) is 5.91 Å². The number of thiazole rings is 1. The van der Waals surface area contributed by atoms with Gasteiger partial charge in [-0.2, -0.15) is 4.99 Å². The van der Waals surface area contributed by atoms with Gasteiger partial charge in [-0.05, 0) is 45.5 Å². The number of carbonyl (C=O) groups excluding carboxylic acids is 3. The Morgan fingerprint density at radius 1 is 1.27 bits per heavy atom. The Bertz CT molecular complexity index is 1060. The molecule has 1 aromatic carbocycles. The topological polar surface area (TPSA) is 116 Å². The number of ether oxygens (including phenoxy) is 1. The van der Waals surface area contributed by atoms with Crippen molar-refractivity contribution in [1.82, 2.24) is 4.57 Å². The Hall–Kier alpha value is -2.01. The average Bonchev–Trinajstić information content (AvgIpc) is 3.12. The summed E-state index contributed by atoms with van der Waals surface area (Å²) < 4.78 is 7.37. The third kappa shape index (κ3) is 9.04. The number of nitrogens with zero attached hydrogens (tertiary/aromatic N) is 2. The lowest BCUT2D eigenvalue weighted by Gasteiger charge is -2.17. The van der Waals surface area contributed by atoms with E-state index in [1.165, 1.54) is 11.3 Å². The van der Waals surface area contributed by atoms with Crippen molar-refractivity contribution in [2.75, 3.05) is 5.32 Å². The average molecular weight is 562 g/mol. The zero-order valence-electron chi connectivity index (χ0n) is 19.3. The molecule has 1 heterocycles. The molecular weight excluding hydrogens is 532 g/mol. The van der Waals surface area contributed by atoms with Gasteiger partial charge in [0, 0.05) is 28.0 Å². The number of rotatable bonds is 7. The highest BCUT2D eigenvalue weighted by Gasteiger charge is 2.19. The minimum atomic E-state index is -0.712. The highest BCUT2D eigenvalue weighted by molar-refractivity contribution is 9.10. The van der Waals surface area contributed by atoms with Crippen LogP contribution in [0.1, 0.15) is 51.4 Å². The molecule has 0 unspecified atom stereocenters. The molecule has 0 bridgehead atoms. The number of aromatic nitrogens is 1. The van der Waals surface area contributed by atoms with E-state index in [-0.39, 0.29) is 36.4 Å². The van der Waals surface area contributed by atoms with Gasteiger partial charge in [0.05, 0.1) is 5.69 Å². The summed E-state index contributed by atoms with van der Waals surface area (Å²) in [5.74, 6) is -1.11. The van der Waals surface area contributed by atoms with Crippen LogP contribution in [0.15, 0.2) is 39.2 Å². The van der Waals surface area contributed by atoms with Crippen LogP contribution in [0.25, 0.3) is 0 Å². The summed E-state index contributed by atoms with van der Waals surface area (Å²) in [5.41, 5.74) is 6.59. The summed E-state index contributed by atoms with van der Waals surface area (Å²) in [7, 11) is 0. The standard InChI is InChI=1S/C22H29BrN4O4S.ClH/c1-13(2)18(24)20(30)31-12-27-8-9-32-21(27)26-19(29)14-6-7-16(15(23)10-14)25-17(28)11-22(3,4)5;/h6-10,13,18H,11-12,24H2,1-5H3,(H,25,28);1H/t18-;/m0./s1. The van der Waals surface area contributed by atoms with Crippen molar-refractivity contribution in [3.05, 3.63) is 44.6 Å². The fourth-order valence-electron chi connectivity index (χ4n) is 2.56. The highest BCUT2D eigenvalue weighted by atomic mass is 79.9. The molecular formula is C22H30BrClN4O4S. The summed E-state index contributed by atoms with van der Waals surface area (Å²) in [6, 6.07) is 4.16. The number of benzene rings is 1. The van der Waals surface area contributed by atoms with Gasteiger partial charge in [-0.3, -0.25) is 19.0 Å². The molecule has 0 radical (unpaired) electrons. The molecule has 1 atom stereocenters. The van der Waals surface area contributed by atoms with Gasteiger partial charge in [0.1, 0.15) is 6.04 Å². The first-order valence-corrected chi connectivity index (χ1v) is 11.8. The van der Waals surface area contributed by atoms with Crippen LogP contribution in [0.2, 0.25) is 0 Å². The van der Waals surface area contributed by atoms with Crippen LogP contribution in [0.5, 0.6) is 0 Å². The lowest BCUT2D eigenvalue weighted by Crippen LogP contribution is -2.37. The first-order valence-electron chi connectivity index (χ1n) is 10.1. The van der Waals surface area contributed by atoms with E-state index >= 15 is 0 Å². The van der Waals surface area contributed by atoms with Crippen LogP contribution in [0.3, 0.4) is 0 Å². The van der Waals surface area contributed by atoms with Gasteiger partial charge in [-0.25, -0.2) is 0 Å². The number of hydrogen-bond donors (Lipinski definition) is 2. The van der Waals surface area contributed by atoms with Gasteiger partial charge in [-0.1, -0.05) is 34.6 Å². The molecule has 0 saturated heterocycles. The molecule has 2 rings (SSSR count).